The van der Waals surface area contributed by atoms with Crippen LogP contribution in [0.5, 0.6) is 0 Å². The molecule has 1 aromatic rings. The molecule has 0 spiro atoms. The van der Waals surface area contributed by atoms with E-state index in [1.165, 1.54) is 13.0 Å². The lowest BCUT2D eigenvalue weighted by atomic mass is 10.0. The van der Waals surface area contributed by atoms with Gasteiger partial charge in [-0.3, -0.25) is 0 Å². The average Bonchev–Trinajstić information content (AvgIpc) is 2.24. The normalized spacial score (nSPS) is 12.2. The van der Waals surface area contributed by atoms with Gasteiger partial charge in [-0.05, 0) is 31.4 Å². The third kappa shape index (κ3) is 2.80. The summed E-state index contributed by atoms with van der Waals surface area (Å²) in [5.74, 6) is 1.03. The van der Waals surface area contributed by atoms with E-state index in [1.54, 1.807) is 0 Å². The third-order valence-electron chi connectivity index (χ3n) is 2.45. The molecule has 0 amide bonds. The van der Waals surface area contributed by atoms with Crippen LogP contribution in [0.15, 0.2) is 12.1 Å². The van der Waals surface area contributed by atoms with Crippen molar-refractivity contribution in [3.05, 3.63) is 34.9 Å². The SMILES string of the molecule is C#CCCCC(O)c1c(F)ccc(C)c1F. The second-order valence-electron chi connectivity index (χ2n) is 3.70. The highest BCUT2D eigenvalue weighted by atomic mass is 19.1. The Morgan fingerprint density at radius 2 is 2.12 bits per heavy atom. The fourth-order valence-corrected chi connectivity index (χ4v) is 1.53. The van der Waals surface area contributed by atoms with Crippen LogP contribution in [0.25, 0.3) is 0 Å². The molecule has 1 rings (SSSR count). The van der Waals surface area contributed by atoms with Crippen molar-refractivity contribution in [1.29, 1.82) is 0 Å². The van der Waals surface area contributed by atoms with E-state index in [4.69, 9.17) is 6.42 Å². The summed E-state index contributed by atoms with van der Waals surface area (Å²) in [5.41, 5.74) is 0.0735. The zero-order valence-corrected chi connectivity index (χ0v) is 9.13. The molecule has 0 heterocycles. The van der Waals surface area contributed by atoms with E-state index in [9.17, 15) is 13.9 Å². The Kier molecular flexibility index (Phi) is 4.45. The monoisotopic (exact) mass is 224 g/mol. The molecule has 3 heteroatoms. The van der Waals surface area contributed by atoms with Crippen LogP contribution in [0.2, 0.25) is 0 Å². The minimum absolute atomic E-state index is 0.253. The molecule has 0 radical (unpaired) electrons. The van der Waals surface area contributed by atoms with Crippen LogP contribution in [0.4, 0.5) is 8.78 Å². The van der Waals surface area contributed by atoms with E-state index >= 15 is 0 Å². The standard InChI is InChI=1S/C13H14F2O/c1-3-4-5-6-11(16)12-10(14)8-7-9(2)13(12)15/h1,7-8,11,16H,4-6H2,2H3. The van der Waals surface area contributed by atoms with Crippen molar-refractivity contribution >= 4 is 0 Å². The average molecular weight is 224 g/mol. The maximum atomic E-state index is 13.6. The van der Waals surface area contributed by atoms with E-state index in [1.807, 2.05) is 0 Å². The van der Waals surface area contributed by atoms with Gasteiger partial charge in [-0.15, -0.1) is 12.3 Å². The van der Waals surface area contributed by atoms with Crippen LogP contribution in [-0.2, 0) is 0 Å². The number of terminal acetylenes is 1. The number of hydrogen-bond donors (Lipinski definition) is 1. The first-order valence-corrected chi connectivity index (χ1v) is 5.14. The Bertz CT molecular complexity index is 407. The van der Waals surface area contributed by atoms with Gasteiger partial charge in [-0.2, -0.15) is 0 Å². The predicted molar refractivity (Wildman–Crippen MR) is 58.7 cm³/mol. The molecule has 0 fully saturated rings. The summed E-state index contributed by atoms with van der Waals surface area (Å²) in [7, 11) is 0. The van der Waals surface area contributed by atoms with Crippen molar-refractivity contribution in [2.24, 2.45) is 0 Å². The van der Waals surface area contributed by atoms with E-state index in [0.29, 0.717) is 18.4 Å². The smallest absolute Gasteiger partial charge is 0.134 e. The van der Waals surface area contributed by atoms with Crippen LogP contribution < -0.4 is 0 Å². The molecule has 0 bridgehead atoms. The maximum absolute atomic E-state index is 13.6. The Morgan fingerprint density at radius 3 is 2.75 bits per heavy atom. The number of unbranched alkanes of at least 4 members (excludes halogenated alkanes) is 1. The highest BCUT2D eigenvalue weighted by Crippen LogP contribution is 2.26. The summed E-state index contributed by atoms with van der Waals surface area (Å²) in [6.07, 6.45) is 5.23. The topological polar surface area (TPSA) is 20.2 Å². The minimum Gasteiger partial charge on any atom is -0.388 e. The minimum atomic E-state index is -1.13. The van der Waals surface area contributed by atoms with Crippen LogP contribution in [-0.4, -0.2) is 5.11 Å². The number of rotatable bonds is 4. The zero-order valence-electron chi connectivity index (χ0n) is 9.13. The molecular weight excluding hydrogens is 210 g/mol. The highest BCUT2D eigenvalue weighted by molar-refractivity contribution is 5.28. The first-order valence-electron chi connectivity index (χ1n) is 5.14. The van der Waals surface area contributed by atoms with Gasteiger partial charge in [-0.1, -0.05) is 6.07 Å². The van der Waals surface area contributed by atoms with Crippen LogP contribution >= 0.6 is 0 Å². The van der Waals surface area contributed by atoms with Crippen LogP contribution in [0, 0.1) is 30.9 Å². The van der Waals surface area contributed by atoms with Crippen molar-refractivity contribution in [3.63, 3.8) is 0 Å². The van der Waals surface area contributed by atoms with Gasteiger partial charge in [0.2, 0.25) is 0 Å². The molecule has 1 unspecified atom stereocenters. The Hall–Kier alpha value is -1.40. The number of hydrogen-bond acceptors (Lipinski definition) is 1. The highest BCUT2D eigenvalue weighted by Gasteiger charge is 2.18. The lowest BCUT2D eigenvalue weighted by Gasteiger charge is -2.13. The van der Waals surface area contributed by atoms with Crippen LogP contribution in [0.3, 0.4) is 0 Å². The molecular formula is C13H14F2O. The summed E-state index contributed by atoms with van der Waals surface area (Å²) in [4.78, 5) is 0. The molecule has 0 aliphatic rings. The number of halogens is 2. The van der Waals surface area contributed by atoms with Gasteiger partial charge in [-0.25, -0.2) is 8.78 Å². The molecule has 0 aliphatic heterocycles. The lowest BCUT2D eigenvalue weighted by Crippen LogP contribution is -2.05. The van der Waals surface area contributed by atoms with E-state index in [2.05, 4.69) is 5.92 Å². The second-order valence-corrected chi connectivity index (χ2v) is 3.70. The van der Waals surface area contributed by atoms with E-state index in [0.717, 1.165) is 6.07 Å². The zero-order chi connectivity index (χ0) is 12.1. The first kappa shape index (κ1) is 12.7. The predicted octanol–water partition coefficient (Wildman–Crippen LogP) is 3.11. The molecule has 0 saturated carbocycles. The fourth-order valence-electron chi connectivity index (χ4n) is 1.53. The number of aliphatic hydroxyl groups is 1. The van der Waals surface area contributed by atoms with Crippen molar-refractivity contribution in [2.45, 2.75) is 32.3 Å². The second kappa shape index (κ2) is 5.62. The van der Waals surface area contributed by atoms with Crippen LogP contribution in [0.1, 0.15) is 36.5 Å². The fraction of sp³-hybridized carbons (Fsp3) is 0.385. The number of benzene rings is 1. The van der Waals surface area contributed by atoms with Crippen molar-refractivity contribution < 1.29 is 13.9 Å². The van der Waals surface area contributed by atoms with Gasteiger partial charge in [0.25, 0.3) is 0 Å². The first-order chi connectivity index (χ1) is 7.57. The molecule has 1 atom stereocenters. The molecule has 0 aromatic heterocycles. The van der Waals surface area contributed by atoms with E-state index < -0.39 is 17.7 Å². The van der Waals surface area contributed by atoms with Gasteiger partial charge in [0.1, 0.15) is 11.6 Å². The Balaban J connectivity index is 2.86. The summed E-state index contributed by atoms with van der Waals surface area (Å²) in [5, 5.41) is 9.68. The van der Waals surface area contributed by atoms with Crippen molar-refractivity contribution in [3.8, 4) is 12.3 Å². The quantitative estimate of drug-likeness (QED) is 0.615. The van der Waals surface area contributed by atoms with Gasteiger partial charge >= 0.3 is 0 Å². The van der Waals surface area contributed by atoms with Gasteiger partial charge in [0, 0.05) is 6.42 Å². The molecule has 1 nitrogen and oxygen atoms in total. The summed E-state index contributed by atoms with van der Waals surface area (Å²) >= 11 is 0. The van der Waals surface area contributed by atoms with E-state index in [-0.39, 0.29) is 12.0 Å². The summed E-state index contributed by atoms with van der Waals surface area (Å²) in [6.45, 7) is 1.53. The largest absolute Gasteiger partial charge is 0.388 e. The maximum Gasteiger partial charge on any atom is 0.134 e. The molecule has 16 heavy (non-hydrogen) atoms. The van der Waals surface area contributed by atoms with Gasteiger partial charge in [0.05, 0.1) is 11.7 Å². The number of aryl methyl sites for hydroxylation is 1. The molecule has 1 N–H and O–H groups in total. The Morgan fingerprint density at radius 1 is 1.44 bits per heavy atom. The Labute approximate surface area is 94.1 Å². The van der Waals surface area contributed by atoms with Crippen molar-refractivity contribution in [2.75, 3.05) is 0 Å². The van der Waals surface area contributed by atoms with Gasteiger partial charge in [0.15, 0.2) is 0 Å². The lowest BCUT2D eigenvalue weighted by molar-refractivity contribution is 0.155. The molecule has 86 valence electrons. The summed E-state index contributed by atoms with van der Waals surface area (Å²) < 4.78 is 26.9. The van der Waals surface area contributed by atoms with Gasteiger partial charge < -0.3 is 5.11 Å². The third-order valence-corrected chi connectivity index (χ3v) is 2.45. The molecule has 1 aromatic carbocycles. The number of aliphatic hydroxyl groups excluding tert-OH is 1. The molecule has 0 aliphatic carbocycles. The summed E-state index contributed by atoms with van der Waals surface area (Å²) in [6, 6.07) is 2.51. The van der Waals surface area contributed by atoms with Crippen molar-refractivity contribution in [1.82, 2.24) is 0 Å². The molecule has 0 saturated heterocycles.